The summed E-state index contributed by atoms with van der Waals surface area (Å²) in [5.41, 5.74) is -1.02. The first-order chi connectivity index (χ1) is 6.39. The molecular weight excluding hydrogens is 204 g/mol. The van der Waals surface area contributed by atoms with Crippen LogP contribution in [0.5, 0.6) is 0 Å². The van der Waals surface area contributed by atoms with Crippen LogP contribution in [0.15, 0.2) is 0 Å². The third kappa shape index (κ3) is 4.56. The van der Waals surface area contributed by atoms with Crippen LogP contribution in [0.3, 0.4) is 0 Å². The smallest absolute Gasteiger partial charge is 0.215 e. The number of nitrogens with zero attached hydrogens (tertiary/aromatic N) is 1. The summed E-state index contributed by atoms with van der Waals surface area (Å²) in [6.45, 7) is 3.43. The molecule has 1 unspecified atom stereocenters. The molecule has 0 aromatic rings. The lowest BCUT2D eigenvalue weighted by molar-refractivity contribution is 0.216. The van der Waals surface area contributed by atoms with E-state index < -0.39 is 15.6 Å². The van der Waals surface area contributed by atoms with Crippen LogP contribution in [0, 0.1) is 11.3 Å². The van der Waals surface area contributed by atoms with E-state index in [4.69, 9.17) is 5.26 Å². The van der Waals surface area contributed by atoms with Crippen LogP contribution >= 0.6 is 0 Å². The summed E-state index contributed by atoms with van der Waals surface area (Å²) in [7, 11) is -1.99. The van der Waals surface area contributed by atoms with E-state index >= 15 is 0 Å². The summed E-state index contributed by atoms with van der Waals surface area (Å²) in [5.74, 6) is -0.124. The Morgan fingerprint density at radius 2 is 2.14 bits per heavy atom. The quantitative estimate of drug-likeness (QED) is 0.695. The van der Waals surface area contributed by atoms with Gasteiger partial charge in [0.15, 0.2) is 0 Å². The lowest BCUT2D eigenvalue weighted by atomic mass is 10.0. The number of nitriles is 1. The maximum Gasteiger partial charge on any atom is 0.215 e. The summed E-state index contributed by atoms with van der Waals surface area (Å²) in [6.07, 6.45) is 0.426. The molecular formula is C8H16N2O3S. The fourth-order valence-electron chi connectivity index (χ4n) is 0.761. The van der Waals surface area contributed by atoms with Crippen molar-refractivity contribution < 1.29 is 13.2 Å². The summed E-state index contributed by atoms with van der Waals surface area (Å²) in [5, 5.41) is 8.77. The van der Waals surface area contributed by atoms with E-state index in [-0.39, 0.29) is 12.4 Å². The molecule has 0 aliphatic rings. The van der Waals surface area contributed by atoms with Crippen molar-refractivity contribution in [2.75, 3.05) is 19.5 Å². The van der Waals surface area contributed by atoms with Gasteiger partial charge in [0, 0.05) is 7.11 Å². The van der Waals surface area contributed by atoms with Crippen molar-refractivity contribution >= 4 is 10.0 Å². The molecule has 0 saturated carbocycles. The average molecular weight is 220 g/mol. The highest BCUT2D eigenvalue weighted by atomic mass is 32.2. The first-order valence-electron chi connectivity index (χ1n) is 4.31. The molecule has 0 bridgehead atoms. The van der Waals surface area contributed by atoms with Gasteiger partial charge < -0.3 is 4.74 Å². The molecule has 14 heavy (non-hydrogen) atoms. The van der Waals surface area contributed by atoms with E-state index in [0.717, 1.165) is 0 Å². The third-order valence-corrected chi connectivity index (χ3v) is 3.36. The molecule has 82 valence electrons. The van der Waals surface area contributed by atoms with E-state index in [0.29, 0.717) is 6.42 Å². The molecule has 5 nitrogen and oxygen atoms in total. The minimum absolute atomic E-state index is 0.124. The number of nitrogens with one attached hydrogen (secondary N) is 1. The van der Waals surface area contributed by atoms with Crippen molar-refractivity contribution in [3.05, 3.63) is 0 Å². The fourth-order valence-corrected chi connectivity index (χ4v) is 2.13. The zero-order valence-corrected chi connectivity index (χ0v) is 9.52. The summed E-state index contributed by atoms with van der Waals surface area (Å²) < 4.78 is 29.8. The molecule has 1 atom stereocenters. The van der Waals surface area contributed by atoms with Crippen LogP contribution in [0.1, 0.15) is 20.3 Å². The maximum absolute atomic E-state index is 11.4. The van der Waals surface area contributed by atoms with Gasteiger partial charge in [-0.3, -0.25) is 0 Å². The number of methoxy groups -OCH3 is 1. The highest BCUT2D eigenvalue weighted by molar-refractivity contribution is 7.89. The van der Waals surface area contributed by atoms with Gasteiger partial charge in [-0.2, -0.15) is 9.98 Å². The number of rotatable bonds is 6. The third-order valence-electron chi connectivity index (χ3n) is 1.89. The number of ether oxygens (including phenoxy) is 1. The van der Waals surface area contributed by atoms with E-state index in [2.05, 4.69) is 9.46 Å². The second-order valence-corrected chi connectivity index (χ2v) is 5.05. The lowest BCUT2D eigenvalue weighted by Gasteiger charge is -2.20. The first kappa shape index (κ1) is 13.4. The number of sulfonamides is 1. The second-order valence-electron chi connectivity index (χ2n) is 3.21. The molecule has 0 fully saturated rings. The molecule has 0 aromatic carbocycles. The molecule has 0 saturated heterocycles. The predicted octanol–water partition coefficient (Wildman–Crippen LogP) is 0.244. The average Bonchev–Trinajstić information content (AvgIpc) is 2.14. The first-order valence-corrected chi connectivity index (χ1v) is 5.96. The summed E-state index contributed by atoms with van der Waals surface area (Å²) >= 11 is 0. The van der Waals surface area contributed by atoms with Crippen molar-refractivity contribution in [1.82, 2.24) is 4.72 Å². The van der Waals surface area contributed by atoms with E-state index in [1.807, 2.05) is 6.07 Å². The van der Waals surface area contributed by atoms with E-state index in [9.17, 15) is 8.42 Å². The predicted molar refractivity (Wildman–Crippen MR) is 53.1 cm³/mol. The minimum atomic E-state index is -3.42. The standard InChI is InChI=1S/C8H16N2O3S/c1-4-8(2,7-9)10-14(11,12)6-5-13-3/h10H,4-6H2,1-3H3. The Balaban J connectivity index is 4.43. The van der Waals surface area contributed by atoms with Crippen molar-refractivity contribution in [2.45, 2.75) is 25.8 Å². The molecule has 1 N–H and O–H groups in total. The topological polar surface area (TPSA) is 79.2 Å². The van der Waals surface area contributed by atoms with Crippen LogP contribution in [-0.4, -0.2) is 33.4 Å². The fraction of sp³-hybridized carbons (Fsp3) is 0.875. The molecule has 0 aromatic heterocycles. The summed E-state index contributed by atoms with van der Waals surface area (Å²) in [6, 6.07) is 1.93. The Morgan fingerprint density at radius 1 is 1.57 bits per heavy atom. The molecule has 6 heteroatoms. The number of hydrogen-bond acceptors (Lipinski definition) is 4. The van der Waals surface area contributed by atoms with Crippen molar-refractivity contribution in [1.29, 1.82) is 5.26 Å². The SMILES string of the molecule is CCC(C)(C#N)NS(=O)(=O)CCOC. The van der Waals surface area contributed by atoms with Crippen molar-refractivity contribution in [3.63, 3.8) is 0 Å². The van der Waals surface area contributed by atoms with Gasteiger partial charge in [0.1, 0.15) is 5.54 Å². The Morgan fingerprint density at radius 3 is 2.50 bits per heavy atom. The zero-order valence-electron chi connectivity index (χ0n) is 8.70. The monoisotopic (exact) mass is 220 g/mol. The molecule has 0 spiro atoms. The lowest BCUT2D eigenvalue weighted by Crippen LogP contribution is -2.45. The molecule has 0 aliphatic carbocycles. The Bertz CT molecular complexity index is 307. The van der Waals surface area contributed by atoms with Crippen LogP contribution in [0.25, 0.3) is 0 Å². The van der Waals surface area contributed by atoms with Crippen LogP contribution in [0.4, 0.5) is 0 Å². The second kappa shape index (κ2) is 5.29. The largest absolute Gasteiger partial charge is 0.384 e. The Kier molecular flexibility index (Phi) is 5.05. The molecule has 0 aliphatic heterocycles. The Labute approximate surface area is 85.1 Å². The number of hydrogen-bond donors (Lipinski definition) is 1. The normalized spacial score (nSPS) is 15.9. The van der Waals surface area contributed by atoms with E-state index in [1.54, 1.807) is 13.8 Å². The maximum atomic E-state index is 11.4. The van der Waals surface area contributed by atoms with Crippen LogP contribution in [-0.2, 0) is 14.8 Å². The highest BCUT2D eigenvalue weighted by Crippen LogP contribution is 2.08. The molecule has 0 rings (SSSR count). The van der Waals surface area contributed by atoms with Gasteiger partial charge in [-0.25, -0.2) is 8.42 Å². The van der Waals surface area contributed by atoms with Crippen LogP contribution in [0.2, 0.25) is 0 Å². The van der Waals surface area contributed by atoms with Gasteiger partial charge in [-0.15, -0.1) is 0 Å². The van der Waals surface area contributed by atoms with Crippen LogP contribution < -0.4 is 4.72 Å². The zero-order chi connectivity index (χ0) is 11.2. The van der Waals surface area contributed by atoms with Gasteiger partial charge in [0.2, 0.25) is 10.0 Å². The van der Waals surface area contributed by atoms with Gasteiger partial charge in [-0.05, 0) is 13.3 Å². The summed E-state index contributed by atoms with van der Waals surface area (Å²) in [4.78, 5) is 0. The van der Waals surface area contributed by atoms with Gasteiger partial charge in [0.05, 0.1) is 18.4 Å². The molecule has 0 amide bonds. The van der Waals surface area contributed by atoms with Gasteiger partial charge in [0.25, 0.3) is 0 Å². The highest BCUT2D eigenvalue weighted by Gasteiger charge is 2.27. The van der Waals surface area contributed by atoms with Gasteiger partial charge >= 0.3 is 0 Å². The molecule has 0 radical (unpaired) electrons. The van der Waals surface area contributed by atoms with E-state index in [1.165, 1.54) is 7.11 Å². The van der Waals surface area contributed by atoms with Crippen molar-refractivity contribution in [2.24, 2.45) is 0 Å². The van der Waals surface area contributed by atoms with Gasteiger partial charge in [-0.1, -0.05) is 6.92 Å². The Hall–Kier alpha value is -0.640. The molecule has 0 heterocycles. The minimum Gasteiger partial charge on any atom is -0.384 e. The van der Waals surface area contributed by atoms with Crippen molar-refractivity contribution in [3.8, 4) is 6.07 Å².